The van der Waals surface area contributed by atoms with Crippen LogP contribution in [-0.4, -0.2) is 58.9 Å². The van der Waals surface area contributed by atoms with Gasteiger partial charge in [-0.15, -0.1) is 0 Å². The monoisotopic (exact) mass is 312 g/mol. The first-order valence-electron chi connectivity index (χ1n) is 7.48. The quantitative estimate of drug-likeness (QED) is 0.443. The van der Waals surface area contributed by atoms with Gasteiger partial charge in [0.2, 0.25) is 0 Å². The van der Waals surface area contributed by atoms with Crippen molar-refractivity contribution in [2.24, 2.45) is 0 Å². The summed E-state index contributed by atoms with van der Waals surface area (Å²) in [5.41, 5.74) is 7.48. The van der Waals surface area contributed by atoms with Crippen LogP contribution in [0.5, 0.6) is 5.75 Å². The molecule has 1 aliphatic heterocycles. The van der Waals surface area contributed by atoms with Crippen LogP contribution in [-0.2, 0) is 0 Å². The lowest BCUT2D eigenvalue weighted by Crippen LogP contribution is -2.44. The maximum atomic E-state index is 9.62. The molecule has 0 aliphatic carbocycles. The number of nitrogens with two attached hydrogens (primary N) is 1. The number of anilines is 2. The van der Waals surface area contributed by atoms with E-state index < -0.39 is 0 Å². The SMILES string of the molecule is CN1CCN(c2cc(C(=N)c3cc(O)ccc3N)ncn2)CC1. The van der Waals surface area contributed by atoms with E-state index in [0.29, 0.717) is 16.9 Å². The van der Waals surface area contributed by atoms with Crippen molar-refractivity contribution in [2.75, 3.05) is 43.9 Å². The fourth-order valence-corrected chi connectivity index (χ4v) is 2.59. The molecule has 4 N–H and O–H groups in total. The number of hydrogen-bond acceptors (Lipinski definition) is 7. The lowest BCUT2D eigenvalue weighted by atomic mass is 10.0. The Hall–Kier alpha value is -2.67. The molecule has 120 valence electrons. The van der Waals surface area contributed by atoms with Crippen molar-refractivity contribution in [3.05, 3.63) is 41.9 Å². The predicted octanol–water partition coefficient (Wildman–Crippen LogP) is 0.932. The van der Waals surface area contributed by atoms with E-state index in [4.69, 9.17) is 11.1 Å². The highest BCUT2D eigenvalue weighted by molar-refractivity contribution is 6.13. The fraction of sp³-hybridized carbons (Fsp3) is 0.312. The summed E-state index contributed by atoms with van der Waals surface area (Å²) in [6.45, 7) is 3.76. The first-order chi connectivity index (χ1) is 11.0. The van der Waals surface area contributed by atoms with Gasteiger partial charge in [-0.05, 0) is 25.2 Å². The number of benzene rings is 1. The van der Waals surface area contributed by atoms with Crippen molar-refractivity contribution in [3.63, 3.8) is 0 Å². The Labute approximate surface area is 134 Å². The third kappa shape index (κ3) is 3.24. The second kappa shape index (κ2) is 6.21. The zero-order valence-electron chi connectivity index (χ0n) is 13.0. The summed E-state index contributed by atoms with van der Waals surface area (Å²) in [5, 5.41) is 18.0. The third-order valence-corrected chi connectivity index (χ3v) is 4.04. The van der Waals surface area contributed by atoms with Crippen LogP contribution in [0.1, 0.15) is 11.3 Å². The Morgan fingerprint density at radius 3 is 2.65 bits per heavy atom. The van der Waals surface area contributed by atoms with Crippen LogP contribution in [0, 0.1) is 5.41 Å². The summed E-state index contributed by atoms with van der Waals surface area (Å²) in [7, 11) is 2.10. The molecule has 3 rings (SSSR count). The summed E-state index contributed by atoms with van der Waals surface area (Å²) in [6, 6.07) is 6.37. The molecular weight excluding hydrogens is 292 g/mol. The van der Waals surface area contributed by atoms with Crippen molar-refractivity contribution in [2.45, 2.75) is 0 Å². The van der Waals surface area contributed by atoms with Crippen molar-refractivity contribution in [1.82, 2.24) is 14.9 Å². The summed E-state index contributed by atoms with van der Waals surface area (Å²) < 4.78 is 0. The molecule has 1 aliphatic rings. The zero-order chi connectivity index (χ0) is 16.4. The maximum Gasteiger partial charge on any atom is 0.132 e. The lowest BCUT2D eigenvalue weighted by Gasteiger charge is -2.33. The van der Waals surface area contributed by atoms with Crippen molar-refractivity contribution in [1.29, 1.82) is 5.41 Å². The molecular formula is C16H20N6O. The molecule has 7 nitrogen and oxygen atoms in total. The third-order valence-electron chi connectivity index (χ3n) is 4.04. The number of nitrogen functional groups attached to an aromatic ring is 1. The highest BCUT2D eigenvalue weighted by Gasteiger charge is 2.17. The largest absolute Gasteiger partial charge is 0.508 e. The van der Waals surface area contributed by atoms with Crippen molar-refractivity contribution in [3.8, 4) is 5.75 Å². The minimum atomic E-state index is 0.0762. The van der Waals surface area contributed by atoms with Gasteiger partial charge in [-0.1, -0.05) is 0 Å². The minimum absolute atomic E-state index is 0.0762. The molecule has 0 amide bonds. The fourth-order valence-electron chi connectivity index (χ4n) is 2.59. The average molecular weight is 312 g/mol. The van der Waals surface area contributed by atoms with Crippen LogP contribution in [0.15, 0.2) is 30.6 Å². The van der Waals surface area contributed by atoms with Crippen molar-refractivity contribution >= 4 is 17.2 Å². The molecule has 2 heterocycles. The van der Waals surface area contributed by atoms with Crippen molar-refractivity contribution < 1.29 is 5.11 Å². The molecule has 2 aromatic rings. The van der Waals surface area contributed by atoms with Crippen LogP contribution in [0.3, 0.4) is 0 Å². The van der Waals surface area contributed by atoms with Crippen LogP contribution in [0.2, 0.25) is 0 Å². The second-order valence-electron chi connectivity index (χ2n) is 5.70. The number of hydrogen-bond donors (Lipinski definition) is 3. The van der Waals surface area contributed by atoms with E-state index in [1.807, 2.05) is 0 Å². The van der Waals surface area contributed by atoms with Gasteiger partial charge in [-0.25, -0.2) is 9.97 Å². The Bertz CT molecular complexity index is 724. The van der Waals surface area contributed by atoms with E-state index in [0.717, 1.165) is 32.0 Å². The molecule has 0 radical (unpaired) electrons. The molecule has 1 fully saturated rings. The van der Waals surface area contributed by atoms with Crippen LogP contribution in [0.4, 0.5) is 11.5 Å². The molecule has 0 unspecified atom stereocenters. The van der Waals surface area contributed by atoms with E-state index >= 15 is 0 Å². The van der Waals surface area contributed by atoms with Gasteiger partial charge in [0.15, 0.2) is 0 Å². The van der Waals surface area contributed by atoms with E-state index in [1.54, 1.807) is 12.1 Å². The van der Waals surface area contributed by atoms with Crippen LogP contribution < -0.4 is 10.6 Å². The number of likely N-dealkylation sites (N-methyl/N-ethyl adjacent to an activating group) is 1. The normalized spacial score (nSPS) is 15.6. The molecule has 0 atom stereocenters. The zero-order valence-corrected chi connectivity index (χ0v) is 13.0. The van der Waals surface area contributed by atoms with Gasteiger partial charge >= 0.3 is 0 Å². The molecule has 0 bridgehead atoms. The number of aromatic hydroxyl groups is 1. The average Bonchev–Trinajstić information content (AvgIpc) is 2.57. The Balaban J connectivity index is 1.87. The Kier molecular flexibility index (Phi) is 4.12. The number of piperazine rings is 1. The molecule has 1 aromatic carbocycles. The first-order valence-corrected chi connectivity index (χ1v) is 7.48. The number of rotatable bonds is 3. The summed E-state index contributed by atoms with van der Waals surface area (Å²) in [5.74, 6) is 0.888. The van der Waals surface area contributed by atoms with Gasteiger partial charge in [0.25, 0.3) is 0 Å². The minimum Gasteiger partial charge on any atom is -0.508 e. The lowest BCUT2D eigenvalue weighted by molar-refractivity contribution is 0.312. The molecule has 0 spiro atoms. The number of nitrogens with zero attached hydrogens (tertiary/aromatic N) is 4. The predicted molar refractivity (Wildman–Crippen MR) is 90.2 cm³/mol. The van der Waals surface area contributed by atoms with Gasteiger partial charge in [-0.2, -0.15) is 0 Å². The molecule has 0 saturated carbocycles. The van der Waals surface area contributed by atoms with Gasteiger partial charge < -0.3 is 20.6 Å². The van der Waals surface area contributed by atoms with Crippen LogP contribution >= 0.6 is 0 Å². The van der Waals surface area contributed by atoms with Gasteiger partial charge in [0.05, 0.1) is 11.4 Å². The van der Waals surface area contributed by atoms with Gasteiger partial charge in [0.1, 0.15) is 17.9 Å². The van der Waals surface area contributed by atoms with E-state index in [1.165, 1.54) is 18.5 Å². The number of aromatic nitrogens is 2. The molecule has 1 saturated heterocycles. The smallest absolute Gasteiger partial charge is 0.132 e. The standard InChI is InChI=1S/C16H20N6O/c1-21-4-6-22(7-5-21)15-9-14(19-10-20-15)16(18)12-8-11(23)2-3-13(12)17/h2-3,8-10,18,23H,4-7,17H2,1H3. The number of phenolic OH excluding ortho intramolecular Hbond substituents is 1. The molecule has 7 heteroatoms. The van der Waals surface area contributed by atoms with E-state index in [-0.39, 0.29) is 11.5 Å². The van der Waals surface area contributed by atoms with Gasteiger partial charge in [0, 0.05) is 43.5 Å². The summed E-state index contributed by atoms with van der Waals surface area (Å²) in [4.78, 5) is 13.0. The number of nitrogens with one attached hydrogen (secondary N) is 1. The van der Waals surface area contributed by atoms with E-state index in [2.05, 4.69) is 26.8 Å². The summed E-state index contributed by atoms with van der Waals surface area (Å²) >= 11 is 0. The first kappa shape index (κ1) is 15.2. The Morgan fingerprint density at radius 2 is 1.91 bits per heavy atom. The highest BCUT2D eigenvalue weighted by Crippen LogP contribution is 2.22. The number of phenols is 1. The molecule has 1 aromatic heterocycles. The summed E-state index contributed by atoms with van der Waals surface area (Å²) in [6.07, 6.45) is 1.47. The second-order valence-corrected chi connectivity index (χ2v) is 5.70. The van der Waals surface area contributed by atoms with Crippen LogP contribution in [0.25, 0.3) is 0 Å². The Morgan fingerprint density at radius 1 is 1.17 bits per heavy atom. The molecule has 23 heavy (non-hydrogen) atoms. The highest BCUT2D eigenvalue weighted by atomic mass is 16.3. The van der Waals surface area contributed by atoms with E-state index in [9.17, 15) is 5.11 Å². The maximum absolute atomic E-state index is 9.62. The topological polar surface area (TPSA) is 102 Å². The van der Waals surface area contributed by atoms with Gasteiger partial charge in [-0.3, -0.25) is 5.41 Å².